The molecule has 9 nitrogen and oxygen atoms in total. The maximum atomic E-state index is 13.0. The summed E-state index contributed by atoms with van der Waals surface area (Å²) in [5.41, 5.74) is 0.857. The molecule has 172 valence electrons. The summed E-state index contributed by atoms with van der Waals surface area (Å²) < 4.78 is 30.6. The molecule has 0 spiro atoms. The number of pyridine rings is 1. The Kier molecular flexibility index (Phi) is 7.47. The molecule has 1 fully saturated rings. The number of anilines is 1. The number of carbonyl (C=O) groups is 2. The van der Waals surface area contributed by atoms with Crippen molar-refractivity contribution >= 4 is 27.7 Å². The van der Waals surface area contributed by atoms with E-state index in [-0.39, 0.29) is 10.8 Å². The van der Waals surface area contributed by atoms with Gasteiger partial charge in [0.25, 0.3) is 5.91 Å². The zero-order valence-electron chi connectivity index (χ0n) is 18.5. The van der Waals surface area contributed by atoms with Crippen molar-refractivity contribution in [2.75, 3.05) is 51.8 Å². The Balaban J connectivity index is 1.65. The molecule has 10 heteroatoms. The average molecular weight is 461 g/mol. The summed E-state index contributed by atoms with van der Waals surface area (Å²) >= 11 is 0. The van der Waals surface area contributed by atoms with Crippen LogP contribution in [0.5, 0.6) is 0 Å². The molecular weight excluding hydrogens is 432 g/mol. The highest BCUT2D eigenvalue weighted by molar-refractivity contribution is 7.89. The number of benzene rings is 1. The maximum Gasteiger partial charge on any atom is 0.339 e. The van der Waals surface area contributed by atoms with Gasteiger partial charge in [0.05, 0.1) is 17.1 Å². The summed E-state index contributed by atoms with van der Waals surface area (Å²) in [6.45, 7) is 4.50. The van der Waals surface area contributed by atoms with Gasteiger partial charge < -0.3 is 14.5 Å². The lowest BCUT2D eigenvalue weighted by molar-refractivity contribution is 0.0525. The molecule has 1 amide bonds. The largest absolute Gasteiger partial charge is 0.462 e. The molecule has 0 radical (unpaired) electrons. The zero-order valence-corrected chi connectivity index (χ0v) is 19.3. The number of hydrogen-bond acceptors (Lipinski definition) is 7. The molecule has 0 atom stereocenters. The highest BCUT2D eigenvalue weighted by Gasteiger charge is 2.23. The van der Waals surface area contributed by atoms with Crippen molar-refractivity contribution in [3.8, 4) is 0 Å². The van der Waals surface area contributed by atoms with Crippen LogP contribution in [-0.4, -0.2) is 81.4 Å². The van der Waals surface area contributed by atoms with Crippen molar-refractivity contribution in [3.63, 3.8) is 0 Å². The van der Waals surface area contributed by atoms with Crippen LogP contribution in [0.25, 0.3) is 0 Å². The van der Waals surface area contributed by atoms with Gasteiger partial charge in [0.15, 0.2) is 0 Å². The first-order chi connectivity index (χ1) is 15.2. The van der Waals surface area contributed by atoms with E-state index in [1.807, 2.05) is 0 Å². The average Bonchev–Trinajstić information content (AvgIpc) is 3.05. The van der Waals surface area contributed by atoms with Crippen molar-refractivity contribution < 1.29 is 22.7 Å². The maximum absolute atomic E-state index is 13.0. The van der Waals surface area contributed by atoms with Gasteiger partial charge in [-0.15, -0.1) is 0 Å². The molecule has 1 aromatic carbocycles. The number of esters is 1. The van der Waals surface area contributed by atoms with Crippen LogP contribution in [-0.2, 0) is 14.8 Å². The second-order valence-electron chi connectivity index (χ2n) is 7.57. The van der Waals surface area contributed by atoms with Crippen molar-refractivity contribution in [3.05, 3.63) is 53.7 Å². The van der Waals surface area contributed by atoms with Crippen LogP contribution >= 0.6 is 0 Å². The summed E-state index contributed by atoms with van der Waals surface area (Å²) in [6, 6.07) is 9.50. The molecule has 1 saturated heterocycles. The standard InChI is InChI=1S/C22H28N4O5S/c1-4-31-22(28)18-8-11-20(23-16-18)25-12-5-13-26(15-14-25)21(27)17-6-9-19(10-7-17)32(29,30)24(2)3/h6-11,16H,4-5,12-15H2,1-3H3. The smallest absolute Gasteiger partial charge is 0.339 e. The van der Waals surface area contributed by atoms with Crippen LogP contribution in [0.2, 0.25) is 0 Å². The summed E-state index contributed by atoms with van der Waals surface area (Å²) in [7, 11) is -0.596. The number of carbonyl (C=O) groups excluding carboxylic acids is 2. The molecule has 0 bridgehead atoms. The van der Waals surface area contributed by atoms with E-state index < -0.39 is 16.0 Å². The lowest BCUT2D eigenvalue weighted by Crippen LogP contribution is -2.35. The first-order valence-corrected chi connectivity index (χ1v) is 11.9. The zero-order chi connectivity index (χ0) is 23.3. The molecule has 0 N–H and O–H groups in total. The van der Waals surface area contributed by atoms with E-state index in [2.05, 4.69) is 9.88 Å². The number of amides is 1. The summed E-state index contributed by atoms with van der Waals surface area (Å²) in [4.78, 5) is 33.1. The number of hydrogen-bond donors (Lipinski definition) is 0. The Morgan fingerprint density at radius 3 is 2.28 bits per heavy atom. The van der Waals surface area contributed by atoms with E-state index in [0.717, 1.165) is 23.1 Å². The summed E-state index contributed by atoms with van der Waals surface area (Å²) in [5.74, 6) is 0.209. The second kappa shape index (κ2) is 10.1. The third-order valence-electron chi connectivity index (χ3n) is 5.25. The minimum atomic E-state index is -3.53. The van der Waals surface area contributed by atoms with E-state index in [9.17, 15) is 18.0 Å². The van der Waals surface area contributed by atoms with E-state index in [1.54, 1.807) is 36.1 Å². The molecule has 32 heavy (non-hydrogen) atoms. The SMILES string of the molecule is CCOC(=O)c1ccc(N2CCCN(C(=O)c3ccc(S(=O)(=O)N(C)C)cc3)CC2)nc1. The molecule has 0 unspecified atom stereocenters. The first-order valence-electron chi connectivity index (χ1n) is 10.4. The highest BCUT2D eigenvalue weighted by Crippen LogP contribution is 2.18. The van der Waals surface area contributed by atoms with Crippen molar-refractivity contribution in [2.24, 2.45) is 0 Å². The fraction of sp³-hybridized carbons (Fsp3) is 0.409. The Bertz CT molecular complexity index is 1050. The lowest BCUT2D eigenvalue weighted by Gasteiger charge is -2.23. The fourth-order valence-electron chi connectivity index (χ4n) is 3.42. The van der Waals surface area contributed by atoms with Crippen LogP contribution in [0, 0.1) is 0 Å². The lowest BCUT2D eigenvalue weighted by atomic mass is 10.2. The first kappa shape index (κ1) is 23.7. The predicted octanol–water partition coefficient (Wildman–Crippen LogP) is 1.86. The topological polar surface area (TPSA) is 100 Å². The van der Waals surface area contributed by atoms with Gasteiger partial charge in [0, 0.05) is 52.0 Å². The van der Waals surface area contributed by atoms with E-state index in [4.69, 9.17) is 4.74 Å². The van der Waals surface area contributed by atoms with Gasteiger partial charge in [0.1, 0.15) is 5.82 Å². The van der Waals surface area contributed by atoms with Gasteiger partial charge in [0.2, 0.25) is 10.0 Å². The van der Waals surface area contributed by atoms with Crippen LogP contribution in [0.15, 0.2) is 47.5 Å². The third kappa shape index (κ3) is 5.25. The van der Waals surface area contributed by atoms with Gasteiger partial charge in [-0.1, -0.05) is 0 Å². The van der Waals surface area contributed by atoms with Crippen LogP contribution in [0.4, 0.5) is 5.82 Å². The van der Waals surface area contributed by atoms with E-state index in [0.29, 0.717) is 37.4 Å². The summed E-state index contributed by atoms with van der Waals surface area (Å²) in [5, 5.41) is 0. The highest BCUT2D eigenvalue weighted by atomic mass is 32.2. The number of aromatic nitrogens is 1. The molecule has 1 aliphatic heterocycles. The third-order valence-corrected chi connectivity index (χ3v) is 7.08. The monoisotopic (exact) mass is 460 g/mol. The molecule has 0 saturated carbocycles. The van der Waals surface area contributed by atoms with E-state index >= 15 is 0 Å². The minimum Gasteiger partial charge on any atom is -0.462 e. The van der Waals surface area contributed by atoms with E-state index in [1.165, 1.54) is 32.4 Å². The Morgan fingerprint density at radius 2 is 1.69 bits per heavy atom. The number of sulfonamides is 1. The van der Waals surface area contributed by atoms with Gasteiger partial charge >= 0.3 is 5.97 Å². The number of nitrogens with zero attached hydrogens (tertiary/aromatic N) is 4. The van der Waals surface area contributed by atoms with Crippen LogP contribution < -0.4 is 4.90 Å². The van der Waals surface area contributed by atoms with Crippen molar-refractivity contribution in [1.82, 2.24) is 14.2 Å². The van der Waals surface area contributed by atoms with Gasteiger partial charge in [-0.3, -0.25) is 4.79 Å². The number of rotatable bonds is 6. The molecule has 1 aliphatic rings. The predicted molar refractivity (Wildman–Crippen MR) is 120 cm³/mol. The molecular formula is C22H28N4O5S. The van der Waals surface area contributed by atoms with Crippen molar-refractivity contribution in [2.45, 2.75) is 18.2 Å². The minimum absolute atomic E-state index is 0.133. The van der Waals surface area contributed by atoms with Gasteiger partial charge in [-0.05, 0) is 49.7 Å². The van der Waals surface area contributed by atoms with Crippen LogP contribution in [0.1, 0.15) is 34.1 Å². The molecule has 2 heterocycles. The Morgan fingerprint density at radius 1 is 1.00 bits per heavy atom. The Labute approximate surface area is 188 Å². The molecule has 2 aromatic rings. The fourth-order valence-corrected chi connectivity index (χ4v) is 4.32. The van der Waals surface area contributed by atoms with Gasteiger partial charge in [-0.25, -0.2) is 22.5 Å². The van der Waals surface area contributed by atoms with Crippen LogP contribution in [0.3, 0.4) is 0 Å². The van der Waals surface area contributed by atoms with Crippen molar-refractivity contribution in [1.29, 1.82) is 0 Å². The normalized spacial score (nSPS) is 14.9. The summed E-state index contributed by atoms with van der Waals surface area (Å²) in [6.07, 6.45) is 2.27. The second-order valence-corrected chi connectivity index (χ2v) is 9.72. The molecule has 0 aliphatic carbocycles. The number of ether oxygens (including phenoxy) is 1. The molecule has 1 aromatic heterocycles. The Hall–Kier alpha value is -2.98. The van der Waals surface area contributed by atoms with Gasteiger partial charge in [-0.2, -0.15) is 0 Å². The quantitative estimate of drug-likeness (QED) is 0.607. The molecule has 3 rings (SSSR count).